The molecule has 1 fully saturated rings. The molecule has 1 saturated heterocycles. The van der Waals surface area contributed by atoms with Gasteiger partial charge in [-0.15, -0.1) is 0 Å². The zero-order valence-electron chi connectivity index (χ0n) is 15.8. The third-order valence-corrected chi connectivity index (χ3v) is 6.58. The van der Waals surface area contributed by atoms with E-state index < -0.39 is 0 Å². The number of carbonyl (C=O) groups excluding carboxylic acids is 1. The second-order valence-corrected chi connectivity index (χ2v) is 8.42. The Morgan fingerprint density at radius 1 is 1.25 bits per heavy atom. The molecule has 3 aromatic rings. The molecule has 146 valence electrons. The number of carbonyl (C=O) groups is 1. The van der Waals surface area contributed by atoms with Gasteiger partial charge in [-0.2, -0.15) is 4.68 Å². The Hall–Kier alpha value is -2.38. The number of halogens is 1. The molecule has 0 aliphatic carbocycles. The molecule has 0 bridgehead atoms. The molecule has 28 heavy (non-hydrogen) atoms. The number of nitrogens with zero attached hydrogens (tertiary/aromatic N) is 3. The van der Waals surface area contributed by atoms with Crippen molar-refractivity contribution in [3.05, 3.63) is 67.0 Å². The molecule has 1 amide bonds. The van der Waals surface area contributed by atoms with Gasteiger partial charge in [-0.1, -0.05) is 41.1 Å². The summed E-state index contributed by atoms with van der Waals surface area (Å²) in [5.74, 6) is 0.00590. The standard InChI is InChI=1S/C20H21ClN4O2S/c1-12-15(11-14-7-3-4-8-16(14)21)18(26)25(23-12)20-22-13(2)17(28-20)19(27)24-9-5-6-10-24/h3-4,7-8,23H,5-6,9-11H2,1-2H3. The van der Waals surface area contributed by atoms with E-state index in [1.165, 1.54) is 16.0 Å². The van der Waals surface area contributed by atoms with Gasteiger partial charge < -0.3 is 4.90 Å². The van der Waals surface area contributed by atoms with Crippen LogP contribution in [0.25, 0.3) is 5.13 Å². The summed E-state index contributed by atoms with van der Waals surface area (Å²) in [5.41, 5.74) is 2.81. The number of nitrogens with one attached hydrogen (secondary N) is 1. The van der Waals surface area contributed by atoms with E-state index in [9.17, 15) is 9.59 Å². The van der Waals surface area contributed by atoms with Gasteiger partial charge in [0.1, 0.15) is 4.88 Å². The van der Waals surface area contributed by atoms with E-state index in [1.807, 2.05) is 43.0 Å². The average Bonchev–Trinajstić information content (AvgIpc) is 3.39. The second-order valence-electron chi connectivity index (χ2n) is 7.03. The van der Waals surface area contributed by atoms with E-state index in [0.717, 1.165) is 37.2 Å². The molecule has 0 unspecified atom stereocenters. The molecule has 1 aromatic carbocycles. The van der Waals surface area contributed by atoms with Crippen molar-refractivity contribution in [1.29, 1.82) is 0 Å². The third-order valence-electron chi connectivity index (χ3n) is 5.08. The predicted molar refractivity (Wildman–Crippen MR) is 111 cm³/mol. The quantitative estimate of drug-likeness (QED) is 0.704. The number of H-pyrrole nitrogens is 1. The van der Waals surface area contributed by atoms with Crippen molar-refractivity contribution >= 4 is 28.8 Å². The number of hydrogen-bond donors (Lipinski definition) is 1. The lowest BCUT2D eigenvalue weighted by atomic mass is 10.1. The predicted octanol–water partition coefficient (Wildman–Crippen LogP) is 3.72. The van der Waals surface area contributed by atoms with E-state index >= 15 is 0 Å². The van der Waals surface area contributed by atoms with Gasteiger partial charge in [0.15, 0.2) is 0 Å². The van der Waals surface area contributed by atoms with Crippen LogP contribution in [-0.4, -0.2) is 38.7 Å². The number of hydrogen-bond acceptors (Lipinski definition) is 4. The maximum absolute atomic E-state index is 13.0. The van der Waals surface area contributed by atoms with Crippen molar-refractivity contribution in [2.24, 2.45) is 0 Å². The number of likely N-dealkylation sites (tertiary alicyclic amines) is 1. The maximum atomic E-state index is 13.0. The smallest absolute Gasteiger partial charge is 0.277 e. The van der Waals surface area contributed by atoms with Crippen LogP contribution in [0.3, 0.4) is 0 Å². The first-order valence-electron chi connectivity index (χ1n) is 9.26. The van der Waals surface area contributed by atoms with E-state index in [-0.39, 0.29) is 11.5 Å². The summed E-state index contributed by atoms with van der Waals surface area (Å²) in [6, 6.07) is 7.50. The van der Waals surface area contributed by atoms with Gasteiger partial charge in [-0.05, 0) is 38.3 Å². The number of benzene rings is 1. The van der Waals surface area contributed by atoms with Crippen molar-refractivity contribution in [2.45, 2.75) is 33.1 Å². The lowest BCUT2D eigenvalue weighted by Gasteiger charge is -2.13. The van der Waals surface area contributed by atoms with Crippen LogP contribution in [0.2, 0.25) is 5.02 Å². The molecule has 0 radical (unpaired) electrons. The van der Waals surface area contributed by atoms with Crippen LogP contribution in [-0.2, 0) is 6.42 Å². The van der Waals surface area contributed by atoms with Gasteiger partial charge in [0.05, 0.1) is 5.69 Å². The highest BCUT2D eigenvalue weighted by molar-refractivity contribution is 7.16. The van der Waals surface area contributed by atoms with Gasteiger partial charge >= 0.3 is 0 Å². The Bertz CT molecular complexity index is 1090. The molecule has 1 aliphatic heterocycles. The third kappa shape index (κ3) is 3.40. The molecule has 1 aliphatic rings. The van der Waals surface area contributed by atoms with Crippen molar-refractivity contribution in [3.63, 3.8) is 0 Å². The van der Waals surface area contributed by atoms with Gasteiger partial charge in [0, 0.05) is 35.8 Å². The number of aromatic nitrogens is 3. The monoisotopic (exact) mass is 416 g/mol. The maximum Gasteiger partial charge on any atom is 0.277 e. The highest BCUT2D eigenvalue weighted by atomic mass is 35.5. The molecule has 8 heteroatoms. The van der Waals surface area contributed by atoms with Gasteiger partial charge in [-0.3, -0.25) is 14.7 Å². The zero-order chi connectivity index (χ0) is 19.8. The van der Waals surface area contributed by atoms with Crippen LogP contribution in [0, 0.1) is 13.8 Å². The highest BCUT2D eigenvalue weighted by Crippen LogP contribution is 2.25. The fourth-order valence-electron chi connectivity index (χ4n) is 3.50. The van der Waals surface area contributed by atoms with Crippen molar-refractivity contribution < 1.29 is 4.79 Å². The Kier molecular flexibility index (Phi) is 5.12. The van der Waals surface area contributed by atoms with Crippen molar-refractivity contribution in [2.75, 3.05) is 13.1 Å². The van der Waals surface area contributed by atoms with Crippen molar-refractivity contribution in [3.8, 4) is 5.13 Å². The molecular formula is C20H21ClN4O2S. The van der Waals surface area contributed by atoms with Crippen molar-refractivity contribution in [1.82, 2.24) is 19.7 Å². The SMILES string of the molecule is Cc1nc(-n2[nH]c(C)c(Cc3ccccc3Cl)c2=O)sc1C(=O)N1CCCC1. The summed E-state index contributed by atoms with van der Waals surface area (Å²) in [4.78, 5) is 32.7. The average molecular weight is 417 g/mol. The van der Waals surface area contributed by atoms with E-state index in [2.05, 4.69) is 10.1 Å². The molecule has 6 nitrogen and oxygen atoms in total. The first kappa shape index (κ1) is 19.0. The molecule has 0 spiro atoms. The molecule has 0 saturated carbocycles. The second kappa shape index (κ2) is 7.56. The topological polar surface area (TPSA) is 71.0 Å². The Labute approximate surface area is 171 Å². The number of aryl methyl sites for hydroxylation is 2. The highest BCUT2D eigenvalue weighted by Gasteiger charge is 2.25. The molecule has 4 rings (SSSR count). The summed E-state index contributed by atoms with van der Waals surface area (Å²) >= 11 is 7.51. The van der Waals surface area contributed by atoms with Crippen LogP contribution in [0.5, 0.6) is 0 Å². The summed E-state index contributed by atoms with van der Waals surface area (Å²) in [6.45, 7) is 5.25. The number of amides is 1. The van der Waals surface area contributed by atoms with Crippen LogP contribution in [0.4, 0.5) is 0 Å². The summed E-state index contributed by atoms with van der Waals surface area (Å²) < 4.78 is 1.43. The Morgan fingerprint density at radius 3 is 2.68 bits per heavy atom. The van der Waals surface area contributed by atoms with Gasteiger partial charge in [0.25, 0.3) is 11.5 Å². The lowest BCUT2D eigenvalue weighted by molar-refractivity contribution is 0.0796. The van der Waals surface area contributed by atoms with Gasteiger partial charge in [0.2, 0.25) is 5.13 Å². The Morgan fingerprint density at radius 2 is 1.96 bits per heavy atom. The van der Waals surface area contributed by atoms with E-state index in [1.54, 1.807) is 0 Å². The molecule has 0 atom stereocenters. The van der Waals surface area contributed by atoms with Crippen LogP contribution in [0.15, 0.2) is 29.1 Å². The lowest BCUT2D eigenvalue weighted by Crippen LogP contribution is -2.27. The summed E-state index contributed by atoms with van der Waals surface area (Å²) in [6.07, 6.45) is 2.52. The largest absolute Gasteiger partial charge is 0.338 e. The minimum Gasteiger partial charge on any atom is -0.338 e. The van der Waals surface area contributed by atoms with Gasteiger partial charge in [-0.25, -0.2) is 4.98 Å². The minimum atomic E-state index is -0.161. The fourth-order valence-corrected chi connectivity index (χ4v) is 4.69. The number of rotatable bonds is 4. The molecule has 2 aromatic heterocycles. The number of aromatic amines is 1. The van der Waals surface area contributed by atoms with E-state index in [0.29, 0.717) is 32.7 Å². The summed E-state index contributed by atoms with van der Waals surface area (Å²) in [7, 11) is 0. The fraction of sp³-hybridized carbons (Fsp3) is 0.350. The zero-order valence-corrected chi connectivity index (χ0v) is 17.4. The normalized spacial score (nSPS) is 14.0. The van der Waals surface area contributed by atoms with Crippen LogP contribution in [0.1, 0.15) is 45.0 Å². The molecule has 1 N–H and O–H groups in total. The minimum absolute atomic E-state index is 0.00590. The van der Waals surface area contributed by atoms with Crippen LogP contribution >= 0.6 is 22.9 Å². The number of thiazole rings is 1. The first-order chi connectivity index (χ1) is 13.5. The van der Waals surface area contributed by atoms with E-state index in [4.69, 9.17) is 11.6 Å². The Balaban J connectivity index is 1.67. The van der Waals surface area contributed by atoms with Crippen LogP contribution < -0.4 is 5.56 Å². The first-order valence-corrected chi connectivity index (χ1v) is 10.5. The molecular weight excluding hydrogens is 396 g/mol. The molecule has 3 heterocycles. The summed E-state index contributed by atoms with van der Waals surface area (Å²) in [5, 5.41) is 4.22.